The van der Waals surface area contributed by atoms with E-state index in [4.69, 9.17) is 4.98 Å². The predicted molar refractivity (Wildman–Crippen MR) is 126 cm³/mol. The third-order valence-corrected chi connectivity index (χ3v) is 5.75. The zero-order chi connectivity index (χ0) is 21.2. The van der Waals surface area contributed by atoms with Crippen LogP contribution in [0.5, 0.6) is 0 Å². The van der Waals surface area contributed by atoms with E-state index in [1.807, 2.05) is 24.3 Å². The van der Waals surface area contributed by atoms with Gasteiger partial charge in [0.1, 0.15) is 0 Å². The number of aromatic nitrogens is 3. The summed E-state index contributed by atoms with van der Waals surface area (Å²) >= 11 is 0. The van der Waals surface area contributed by atoms with E-state index in [1.165, 1.54) is 5.56 Å². The van der Waals surface area contributed by atoms with E-state index in [1.54, 1.807) is 0 Å². The third-order valence-electron chi connectivity index (χ3n) is 5.75. The molecule has 0 atom stereocenters. The molecule has 1 N–H and O–H groups in total. The average molecular weight is 408 g/mol. The number of aliphatic hydroxyl groups excluding tert-OH is 1. The number of hydrogen-bond acceptors (Lipinski definition) is 2. The van der Waals surface area contributed by atoms with Gasteiger partial charge in [-0.3, -0.25) is 4.40 Å². The smallest absolute Gasteiger partial charge is 0.215 e. The standard InChI is InChI=1S/C27H25N3O/c1-2-20-13-15-21(16-14-20)24-19-30-26(23-11-7-4-8-12-23)25(22-9-5-3-6-10-22)28-27(30)29(24)17-18-31/h3-16,19,31H,2,17-18H2,1H3. The Hall–Kier alpha value is -3.63. The molecule has 0 spiro atoms. The Morgan fingerprint density at radius 3 is 2.03 bits per heavy atom. The second-order valence-corrected chi connectivity index (χ2v) is 7.65. The summed E-state index contributed by atoms with van der Waals surface area (Å²) in [4.78, 5) is 5.07. The van der Waals surface area contributed by atoms with Gasteiger partial charge in [0, 0.05) is 23.9 Å². The van der Waals surface area contributed by atoms with Crippen LogP contribution in [0.2, 0.25) is 0 Å². The molecular formula is C27H25N3O. The first kappa shape index (κ1) is 19.3. The van der Waals surface area contributed by atoms with Gasteiger partial charge in [-0.2, -0.15) is 0 Å². The van der Waals surface area contributed by atoms with Crippen LogP contribution in [-0.2, 0) is 13.0 Å². The van der Waals surface area contributed by atoms with Crippen LogP contribution in [0, 0.1) is 0 Å². The molecule has 0 radical (unpaired) electrons. The molecule has 0 fully saturated rings. The lowest BCUT2D eigenvalue weighted by atomic mass is 10.0. The molecule has 0 aliphatic heterocycles. The molecule has 154 valence electrons. The lowest BCUT2D eigenvalue weighted by Gasteiger charge is -2.08. The Labute approximate surface area is 182 Å². The Balaban J connectivity index is 1.78. The van der Waals surface area contributed by atoms with Crippen LogP contribution in [0.1, 0.15) is 12.5 Å². The van der Waals surface area contributed by atoms with E-state index >= 15 is 0 Å². The van der Waals surface area contributed by atoms with Gasteiger partial charge < -0.3 is 9.67 Å². The van der Waals surface area contributed by atoms with Gasteiger partial charge in [0.2, 0.25) is 5.78 Å². The fourth-order valence-electron chi connectivity index (χ4n) is 4.16. The lowest BCUT2D eigenvalue weighted by Crippen LogP contribution is -2.04. The predicted octanol–water partition coefficient (Wildman–Crippen LogP) is 5.69. The van der Waals surface area contributed by atoms with Crippen LogP contribution in [0.4, 0.5) is 0 Å². The SMILES string of the molecule is CCc1ccc(-c2cn3c(-c4ccccc4)c(-c4ccccc4)nc3n2CCO)cc1. The number of fused-ring (bicyclic) bond motifs is 1. The maximum atomic E-state index is 9.80. The molecule has 0 aliphatic carbocycles. The second-order valence-electron chi connectivity index (χ2n) is 7.65. The van der Waals surface area contributed by atoms with Crippen molar-refractivity contribution in [1.82, 2.24) is 14.0 Å². The van der Waals surface area contributed by atoms with Gasteiger partial charge in [0.15, 0.2) is 0 Å². The maximum absolute atomic E-state index is 9.80. The van der Waals surface area contributed by atoms with E-state index in [2.05, 4.69) is 82.8 Å². The number of benzene rings is 3. The van der Waals surface area contributed by atoms with Crippen molar-refractivity contribution in [3.05, 3.63) is 96.7 Å². The highest BCUT2D eigenvalue weighted by Gasteiger charge is 2.21. The molecule has 0 bridgehead atoms. The highest BCUT2D eigenvalue weighted by molar-refractivity contribution is 5.82. The summed E-state index contributed by atoms with van der Waals surface area (Å²) in [5.41, 5.74) is 7.68. The molecule has 0 aliphatic rings. The first-order valence-corrected chi connectivity index (χ1v) is 10.7. The van der Waals surface area contributed by atoms with Crippen molar-refractivity contribution in [2.75, 3.05) is 6.61 Å². The van der Waals surface area contributed by atoms with Crippen LogP contribution in [-0.4, -0.2) is 25.7 Å². The number of nitrogens with zero attached hydrogens (tertiary/aromatic N) is 3. The Morgan fingerprint density at radius 2 is 1.42 bits per heavy atom. The number of aryl methyl sites for hydroxylation is 1. The van der Waals surface area contributed by atoms with Gasteiger partial charge in [-0.05, 0) is 17.5 Å². The minimum Gasteiger partial charge on any atom is -0.395 e. The Kier molecular flexibility index (Phi) is 5.14. The molecule has 0 amide bonds. The van der Waals surface area contributed by atoms with E-state index in [9.17, 15) is 5.11 Å². The molecule has 0 saturated carbocycles. The van der Waals surface area contributed by atoms with Gasteiger partial charge in [0.05, 0.1) is 23.7 Å². The van der Waals surface area contributed by atoms with Crippen molar-refractivity contribution in [3.8, 4) is 33.8 Å². The number of imidazole rings is 2. The molecular weight excluding hydrogens is 382 g/mol. The molecule has 2 heterocycles. The zero-order valence-corrected chi connectivity index (χ0v) is 17.6. The summed E-state index contributed by atoms with van der Waals surface area (Å²) in [7, 11) is 0. The van der Waals surface area contributed by atoms with Crippen LogP contribution in [0.15, 0.2) is 91.1 Å². The summed E-state index contributed by atoms with van der Waals surface area (Å²) in [5.74, 6) is 0.835. The monoisotopic (exact) mass is 407 g/mol. The number of hydrogen-bond donors (Lipinski definition) is 1. The van der Waals surface area contributed by atoms with Crippen LogP contribution < -0.4 is 0 Å². The molecule has 3 aromatic carbocycles. The zero-order valence-electron chi connectivity index (χ0n) is 17.6. The molecule has 5 rings (SSSR count). The lowest BCUT2D eigenvalue weighted by molar-refractivity contribution is 0.278. The molecule has 5 aromatic rings. The van der Waals surface area contributed by atoms with Crippen molar-refractivity contribution in [2.45, 2.75) is 19.9 Å². The van der Waals surface area contributed by atoms with Gasteiger partial charge >= 0.3 is 0 Å². The van der Waals surface area contributed by atoms with E-state index in [-0.39, 0.29) is 6.61 Å². The summed E-state index contributed by atoms with van der Waals surface area (Å²) in [5, 5.41) is 9.80. The number of aliphatic hydroxyl groups is 1. The van der Waals surface area contributed by atoms with E-state index in [0.717, 1.165) is 46.0 Å². The highest BCUT2D eigenvalue weighted by atomic mass is 16.3. The maximum Gasteiger partial charge on any atom is 0.215 e. The Morgan fingerprint density at radius 1 is 0.774 bits per heavy atom. The van der Waals surface area contributed by atoms with Crippen LogP contribution >= 0.6 is 0 Å². The van der Waals surface area contributed by atoms with Crippen molar-refractivity contribution in [2.24, 2.45) is 0 Å². The van der Waals surface area contributed by atoms with Crippen LogP contribution in [0.25, 0.3) is 39.5 Å². The molecule has 0 unspecified atom stereocenters. The Bertz CT molecular complexity index is 1300. The summed E-state index contributed by atoms with van der Waals surface area (Å²) in [6.45, 7) is 2.70. The molecule has 4 nitrogen and oxygen atoms in total. The molecule has 31 heavy (non-hydrogen) atoms. The highest BCUT2D eigenvalue weighted by Crippen LogP contribution is 2.35. The van der Waals surface area contributed by atoms with Crippen molar-refractivity contribution < 1.29 is 5.11 Å². The van der Waals surface area contributed by atoms with Gasteiger partial charge in [0.25, 0.3) is 0 Å². The number of rotatable bonds is 6. The minimum atomic E-state index is 0.0542. The molecule has 2 aromatic heterocycles. The van der Waals surface area contributed by atoms with Gasteiger partial charge in [-0.25, -0.2) is 4.98 Å². The van der Waals surface area contributed by atoms with Crippen molar-refractivity contribution >= 4 is 5.78 Å². The van der Waals surface area contributed by atoms with E-state index in [0.29, 0.717) is 6.54 Å². The fourth-order valence-corrected chi connectivity index (χ4v) is 4.16. The first-order valence-electron chi connectivity index (χ1n) is 10.7. The van der Waals surface area contributed by atoms with E-state index < -0.39 is 0 Å². The second kappa shape index (κ2) is 8.25. The largest absolute Gasteiger partial charge is 0.395 e. The summed E-state index contributed by atoms with van der Waals surface area (Å²) in [6, 6.07) is 29.3. The third kappa shape index (κ3) is 3.45. The average Bonchev–Trinajstić information content (AvgIpc) is 3.37. The van der Waals surface area contributed by atoms with Gasteiger partial charge in [-0.1, -0.05) is 91.9 Å². The summed E-state index contributed by atoms with van der Waals surface area (Å²) < 4.78 is 4.27. The topological polar surface area (TPSA) is 42.5 Å². The summed E-state index contributed by atoms with van der Waals surface area (Å²) in [6.07, 6.45) is 3.16. The molecule has 4 heteroatoms. The van der Waals surface area contributed by atoms with Crippen molar-refractivity contribution in [1.29, 1.82) is 0 Å². The fraction of sp³-hybridized carbons (Fsp3) is 0.148. The quantitative estimate of drug-likeness (QED) is 0.393. The normalized spacial score (nSPS) is 11.3. The minimum absolute atomic E-state index is 0.0542. The molecule has 0 saturated heterocycles. The van der Waals surface area contributed by atoms with Gasteiger partial charge in [-0.15, -0.1) is 0 Å². The van der Waals surface area contributed by atoms with Crippen LogP contribution in [0.3, 0.4) is 0 Å². The van der Waals surface area contributed by atoms with Crippen molar-refractivity contribution in [3.63, 3.8) is 0 Å². The first-order chi connectivity index (χ1) is 15.3.